The van der Waals surface area contributed by atoms with Crippen LogP contribution in [0.5, 0.6) is 0 Å². The Kier molecular flexibility index (Phi) is 4.55. The van der Waals surface area contributed by atoms with Gasteiger partial charge in [-0.15, -0.1) is 0 Å². The summed E-state index contributed by atoms with van der Waals surface area (Å²) in [4.78, 5) is 23.9. The third kappa shape index (κ3) is 3.53. The first kappa shape index (κ1) is 17.1. The number of aliphatic hydroxyl groups is 1. The summed E-state index contributed by atoms with van der Waals surface area (Å²) in [5, 5.41) is 15.5. The van der Waals surface area contributed by atoms with Crippen LogP contribution in [0.15, 0.2) is 42.5 Å². The Morgan fingerprint density at radius 1 is 1.20 bits per heavy atom. The van der Waals surface area contributed by atoms with E-state index in [1.54, 1.807) is 6.92 Å². The molecule has 2 aromatic rings. The van der Waals surface area contributed by atoms with Crippen LogP contribution in [0.2, 0.25) is 0 Å². The lowest BCUT2D eigenvalue weighted by molar-refractivity contribution is -0.136. The minimum absolute atomic E-state index is 0.0570. The maximum atomic E-state index is 13.5. The van der Waals surface area contributed by atoms with Gasteiger partial charge < -0.3 is 15.7 Å². The maximum Gasteiger partial charge on any atom is 0.313 e. The molecule has 0 aromatic heterocycles. The molecule has 1 aliphatic carbocycles. The number of benzene rings is 2. The highest BCUT2D eigenvalue weighted by Crippen LogP contribution is 2.36. The maximum absolute atomic E-state index is 13.5. The molecule has 25 heavy (non-hydrogen) atoms. The lowest BCUT2D eigenvalue weighted by Gasteiger charge is -2.24. The van der Waals surface area contributed by atoms with Crippen molar-refractivity contribution in [2.45, 2.75) is 25.4 Å². The molecule has 0 saturated heterocycles. The van der Waals surface area contributed by atoms with Crippen molar-refractivity contribution in [3.63, 3.8) is 0 Å². The fourth-order valence-electron chi connectivity index (χ4n) is 3.02. The van der Waals surface area contributed by atoms with Gasteiger partial charge in [-0.1, -0.05) is 30.3 Å². The molecule has 0 bridgehead atoms. The normalized spacial score (nSPS) is 18.5. The van der Waals surface area contributed by atoms with Crippen LogP contribution in [0.1, 0.15) is 23.1 Å². The number of halogens is 1. The smallest absolute Gasteiger partial charge is 0.313 e. The Balaban J connectivity index is 1.61. The monoisotopic (exact) mass is 342 g/mol. The first-order valence-corrected chi connectivity index (χ1v) is 8.05. The molecule has 1 aliphatic rings. The second kappa shape index (κ2) is 6.64. The van der Waals surface area contributed by atoms with Crippen LogP contribution < -0.4 is 10.6 Å². The van der Waals surface area contributed by atoms with Crippen molar-refractivity contribution >= 4 is 17.5 Å². The van der Waals surface area contributed by atoms with Gasteiger partial charge in [0.25, 0.3) is 0 Å². The van der Waals surface area contributed by atoms with Gasteiger partial charge in [0, 0.05) is 5.69 Å². The highest BCUT2D eigenvalue weighted by molar-refractivity contribution is 6.39. The Hall–Kier alpha value is -2.73. The van der Waals surface area contributed by atoms with Crippen LogP contribution in [-0.2, 0) is 21.6 Å². The number of aryl methyl sites for hydroxylation is 2. The van der Waals surface area contributed by atoms with E-state index in [1.165, 1.54) is 12.1 Å². The lowest BCUT2D eigenvalue weighted by Crippen LogP contribution is -2.43. The summed E-state index contributed by atoms with van der Waals surface area (Å²) in [6, 6.07) is 11.7. The summed E-state index contributed by atoms with van der Waals surface area (Å²) in [5.41, 5.74) is 1.29. The van der Waals surface area contributed by atoms with Crippen molar-refractivity contribution in [3.05, 3.63) is 65.0 Å². The van der Waals surface area contributed by atoms with Gasteiger partial charge in [-0.05, 0) is 48.6 Å². The van der Waals surface area contributed by atoms with Gasteiger partial charge in [0.2, 0.25) is 0 Å². The zero-order valence-corrected chi connectivity index (χ0v) is 13.8. The van der Waals surface area contributed by atoms with Crippen LogP contribution >= 0.6 is 0 Å². The molecule has 6 heteroatoms. The highest BCUT2D eigenvalue weighted by atomic mass is 19.1. The topological polar surface area (TPSA) is 78.4 Å². The van der Waals surface area contributed by atoms with Crippen molar-refractivity contribution in [2.24, 2.45) is 0 Å². The van der Waals surface area contributed by atoms with E-state index in [-0.39, 0.29) is 12.2 Å². The predicted molar refractivity (Wildman–Crippen MR) is 91.4 cm³/mol. The van der Waals surface area contributed by atoms with Gasteiger partial charge in [-0.25, -0.2) is 4.39 Å². The summed E-state index contributed by atoms with van der Waals surface area (Å²) in [6.07, 6.45) is 1.20. The largest absolute Gasteiger partial charge is 0.383 e. The van der Waals surface area contributed by atoms with E-state index < -0.39 is 23.2 Å². The van der Waals surface area contributed by atoms with E-state index >= 15 is 0 Å². The average Bonchev–Trinajstić information content (AvgIpc) is 2.94. The third-order valence-corrected chi connectivity index (χ3v) is 4.50. The molecule has 3 N–H and O–H groups in total. The molecule has 5 nitrogen and oxygen atoms in total. The molecule has 1 unspecified atom stereocenters. The summed E-state index contributed by atoms with van der Waals surface area (Å²) in [5.74, 6) is -2.24. The second-order valence-electron chi connectivity index (χ2n) is 6.29. The number of carbonyl (C=O) groups is 2. The number of nitrogens with one attached hydrogen (secondary N) is 2. The van der Waals surface area contributed by atoms with Gasteiger partial charge >= 0.3 is 11.8 Å². The molecule has 0 radical (unpaired) electrons. The second-order valence-corrected chi connectivity index (χ2v) is 6.29. The average molecular weight is 342 g/mol. The van der Waals surface area contributed by atoms with E-state index in [0.717, 1.165) is 23.6 Å². The van der Waals surface area contributed by atoms with Crippen molar-refractivity contribution in [1.82, 2.24) is 5.32 Å². The van der Waals surface area contributed by atoms with Crippen molar-refractivity contribution < 1.29 is 19.1 Å². The predicted octanol–water partition coefficient (Wildman–Crippen LogP) is 2.02. The summed E-state index contributed by atoms with van der Waals surface area (Å²) in [6.45, 7) is 1.55. The van der Waals surface area contributed by atoms with E-state index in [1.807, 2.05) is 24.3 Å². The SMILES string of the molecule is Cc1ccc(NC(=O)C(=O)NCC2(O)CCc3ccccc32)cc1F. The van der Waals surface area contributed by atoms with Crippen LogP contribution in [0.4, 0.5) is 10.1 Å². The molecule has 2 aromatic carbocycles. The van der Waals surface area contributed by atoms with E-state index in [9.17, 15) is 19.1 Å². The summed E-state index contributed by atoms with van der Waals surface area (Å²) < 4.78 is 13.5. The molecule has 2 amide bonds. The molecular formula is C19H19FN2O3. The fourth-order valence-corrected chi connectivity index (χ4v) is 3.02. The molecule has 1 atom stereocenters. The van der Waals surface area contributed by atoms with Crippen molar-refractivity contribution in [2.75, 3.05) is 11.9 Å². The lowest BCUT2D eigenvalue weighted by atomic mass is 9.96. The number of carbonyl (C=O) groups excluding carboxylic acids is 2. The van der Waals surface area contributed by atoms with E-state index in [4.69, 9.17) is 0 Å². The van der Waals surface area contributed by atoms with Crippen LogP contribution in [0.3, 0.4) is 0 Å². The Morgan fingerprint density at radius 3 is 2.72 bits per heavy atom. The van der Waals surface area contributed by atoms with Gasteiger partial charge in [-0.3, -0.25) is 9.59 Å². The number of amides is 2. The van der Waals surface area contributed by atoms with Crippen LogP contribution in [0, 0.1) is 12.7 Å². The zero-order valence-electron chi connectivity index (χ0n) is 13.8. The molecule has 0 aliphatic heterocycles. The quantitative estimate of drug-likeness (QED) is 0.747. The molecule has 130 valence electrons. The summed E-state index contributed by atoms with van der Waals surface area (Å²) >= 11 is 0. The van der Waals surface area contributed by atoms with Crippen LogP contribution in [-0.4, -0.2) is 23.5 Å². The van der Waals surface area contributed by atoms with E-state index in [2.05, 4.69) is 10.6 Å². The van der Waals surface area contributed by atoms with E-state index in [0.29, 0.717) is 12.0 Å². The Bertz CT molecular complexity index is 837. The molecule has 0 fully saturated rings. The number of anilines is 1. The Labute approximate surface area is 144 Å². The number of hydrogen-bond donors (Lipinski definition) is 3. The van der Waals surface area contributed by atoms with Gasteiger partial charge in [0.05, 0.1) is 6.54 Å². The van der Waals surface area contributed by atoms with Crippen LogP contribution in [0.25, 0.3) is 0 Å². The fraction of sp³-hybridized carbons (Fsp3) is 0.263. The zero-order chi connectivity index (χ0) is 18.0. The number of hydrogen-bond acceptors (Lipinski definition) is 3. The van der Waals surface area contributed by atoms with Gasteiger partial charge in [0.1, 0.15) is 11.4 Å². The highest BCUT2D eigenvalue weighted by Gasteiger charge is 2.37. The standard InChI is InChI=1S/C19H19FN2O3/c1-12-6-7-14(10-16(12)20)22-18(24)17(23)21-11-19(25)9-8-13-4-2-3-5-15(13)19/h2-7,10,25H,8-9,11H2,1H3,(H,21,23)(H,22,24). The molecule has 0 saturated carbocycles. The Morgan fingerprint density at radius 2 is 1.96 bits per heavy atom. The third-order valence-electron chi connectivity index (χ3n) is 4.50. The molecule has 3 rings (SSSR count). The molecule has 0 heterocycles. The minimum atomic E-state index is -1.18. The van der Waals surface area contributed by atoms with Gasteiger partial charge in [0.15, 0.2) is 0 Å². The van der Waals surface area contributed by atoms with Crippen molar-refractivity contribution in [1.29, 1.82) is 0 Å². The number of rotatable bonds is 3. The molecule has 0 spiro atoms. The molecular weight excluding hydrogens is 323 g/mol. The first-order chi connectivity index (χ1) is 11.9. The van der Waals surface area contributed by atoms with Crippen molar-refractivity contribution in [3.8, 4) is 0 Å². The minimum Gasteiger partial charge on any atom is -0.383 e. The summed E-state index contributed by atoms with van der Waals surface area (Å²) in [7, 11) is 0. The first-order valence-electron chi connectivity index (χ1n) is 8.05. The van der Waals surface area contributed by atoms with Gasteiger partial charge in [-0.2, -0.15) is 0 Å². The number of fused-ring (bicyclic) bond motifs is 1.